The van der Waals surface area contributed by atoms with E-state index in [4.69, 9.17) is 4.74 Å². The van der Waals surface area contributed by atoms with E-state index in [1.54, 1.807) is 0 Å². The van der Waals surface area contributed by atoms with E-state index in [0.29, 0.717) is 18.4 Å². The molecule has 0 bridgehead atoms. The summed E-state index contributed by atoms with van der Waals surface area (Å²) in [7, 11) is 1.99. The van der Waals surface area contributed by atoms with Gasteiger partial charge in [-0.1, -0.05) is 13.8 Å². The zero-order valence-electron chi connectivity index (χ0n) is 13.7. The highest BCUT2D eigenvalue weighted by atomic mass is 79.9. The maximum absolute atomic E-state index is 5.75. The fourth-order valence-corrected chi connectivity index (χ4v) is 2.10. The van der Waals surface area contributed by atoms with E-state index in [0.717, 1.165) is 28.8 Å². The fraction of sp³-hybridized carbons (Fsp3) is 0.625. The van der Waals surface area contributed by atoms with Gasteiger partial charge >= 0.3 is 0 Å². The Bertz CT molecular complexity index is 475. The molecule has 1 heterocycles. The summed E-state index contributed by atoms with van der Waals surface area (Å²) >= 11 is 3.51. The zero-order valence-corrected chi connectivity index (χ0v) is 15.3. The third-order valence-electron chi connectivity index (χ3n) is 3.17. The highest BCUT2D eigenvalue weighted by molar-refractivity contribution is 9.10. The highest BCUT2D eigenvalue weighted by Gasteiger charge is 2.08. The van der Waals surface area contributed by atoms with Crippen molar-refractivity contribution in [1.82, 2.24) is 9.88 Å². The Balaban J connectivity index is 2.68. The number of aromatic nitrogens is 1. The molecule has 118 valence electrons. The van der Waals surface area contributed by atoms with E-state index in [1.165, 1.54) is 6.42 Å². The molecule has 0 aliphatic heterocycles. The molecule has 0 amide bonds. The molecule has 0 N–H and O–H groups in total. The van der Waals surface area contributed by atoms with Crippen LogP contribution in [0.5, 0.6) is 5.88 Å². The van der Waals surface area contributed by atoms with Crippen molar-refractivity contribution in [3.05, 3.63) is 16.2 Å². The van der Waals surface area contributed by atoms with Gasteiger partial charge in [0.25, 0.3) is 0 Å². The molecule has 0 unspecified atom stereocenters. The van der Waals surface area contributed by atoms with Crippen LogP contribution in [-0.2, 0) is 0 Å². The normalized spacial score (nSPS) is 11.4. The first kappa shape index (κ1) is 18.0. The lowest BCUT2D eigenvalue weighted by Crippen LogP contribution is -2.14. The maximum atomic E-state index is 5.75. The second-order valence-electron chi connectivity index (χ2n) is 5.58. The predicted octanol–water partition coefficient (Wildman–Crippen LogP) is 4.58. The van der Waals surface area contributed by atoms with Crippen molar-refractivity contribution in [3.8, 4) is 5.88 Å². The standard InChI is InChI=1S/C16H26BrN3O/c1-6-20(5)11-18-15-10-14(17)16(19-13(15)4)21-9-7-8-12(2)3/h10-12H,6-9H2,1-5H3. The van der Waals surface area contributed by atoms with Crippen LogP contribution in [0.4, 0.5) is 5.69 Å². The lowest BCUT2D eigenvalue weighted by molar-refractivity contribution is 0.285. The van der Waals surface area contributed by atoms with Crippen molar-refractivity contribution in [1.29, 1.82) is 0 Å². The van der Waals surface area contributed by atoms with Crippen LogP contribution in [-0.4, -0.2) is 36.4 Å². The second-order valence-corrected chi connectivity index (χ2v) is 6.44. The molecule has 1 rings (SSSR count). The van der Waals surface area contributed by atoms with Crippen LogP contribution >= 0.6 is 15.9 Å². The second kappa shape index (κ2) is 9.03. The predicted molar refractivity (Wildman–Crippen MR) is 92.7 cm³/mol. The molecule has 0 atom stereocenters. The molecule has 1 aromatic rings. The van der Waals surface area contributed by atoms with Crippen LogP contribution in [0.15, 0.2) is 15.5 Å². The molecule has 0 aromatic carbocycles. The first-order valence-electron chi connectivity index (χ1n) is 7.48. The third-order valence-corrected chi connectivity index (χ3v) is 3.73. The van der Waals surface area contributed by atoms with Crippen LogP contribution in [0, 0.1) is 12.8 Å². The number of ether oxygens (including phenoxy) is 1. The van der Waals surface area contributed by atoms with Crippen molar-refractivity contribution in [2.75, 3.05) is 20.2 Å². The van der Waals surface area contributed by atoms with Crippen LogP contribution < -0.4 is 4.74 Å². The van der Waals surface area contributed by atoms with Gasteiger partial charge in [-0.15, -0.1) is 0 Å². The Labute approximate surface area is 136 Å². The Kier molecular flexibility index (Phi) is 7.72. The van der Waals surface area contributed by atoms with Crippen molar-refractivity contribution < 1.29 is 4.74 Å². The van der Waals surface area contributed by atoms with Crippen LogP contribution in [0.3, 0.4) is 0 Å². The monoisotopic (exact) mass is 355 g/mol. The smallest absolute Gasteiger partial charge is 0.228 e. The molecule has 0 fully saturated rings. The molecule has 1 aromatic heterocycles. The molecule has 0 saturated carbocycles. The molecular weight excluding hydrogens is 330 g/mol. The van der Waals surface area contributed by atoms with E-state index < -0.39 is 0 Å². The zero-order chi connectivity index (χ0) is 15.8. The van der Waals surface area contributed by atoms with Crippen molar-refractivity contribution in [3.63, 3.8) is 0 Å². The van der Waals surface area contributed by atoms with Gasteiger partial charge in [-0.05, 0) is 54.6 Å². The molecule has 5 heteroatoms. The Morgan fingerprint density at radius 1 is 1.48 bits per heavy atom. The van der Waals surface area contributed by atoms with Gasteiger partial charge in [0.1, 0.15) is 0 Å². The lowest BCUT2D eigenvalue weighted by atomic mass is 10.1. The minimum Gasteiger partial charge on any atom is -0.477 e. The Morgan fingerprint density at radius 2 is 2.19 bits per heavy atom. The molecule has 0 aliphatic carbocycles. The summed E-state index contributed by atoms with van der Waals surface area (Å²) in [6.07, 6.45) is 4.04. The van der Waals surface area contributed by atoms with Gasteiger partial charge in [-0.2, -0.15) is 0 Å². The Hall–Kier alpha value is -1.10. The summed E-state index contributed by atoms with van der Waals surface area (Å²) in [5, 5.41) is 0. The van der Waals surface area contributed by atoms with Gasteiger partial charge in [0.15, 0.2) is 0 Å². The number of rotatable bonds is 8. The van der Waals surface area contributed by atoms with Crippen molar-refractivity contribution >= 4 is 28.0 Å². The highest BCUT2D eigenvalue weighted by Crippen LogP contribution is 2.29. The maximum Gasteiger partial charge on any atom is 0.228 e. The van der Waals surface area contributed by atoms with E-state index in [1.807, 2.05) is 31.3 Å². The van der Waals surface area contributed by atoms with Crippen LogP contribution in [0.1, 0.15) is 39.3 Å². The van der Waals surface area contributed by atoms with Crippen LogP contribution in [0.25, 0.3) is 0 Å². The van der Waals surface area contributed by atoms with E-state index >= 15 is 0 Å². The average Bonchev–Trinajstić information content (AvgIpc) is 2.44. The molecule has 0 radical (unpaired) electrons. The number of hydrogen-bond acceptors (Lipinski definition) is 3. The lowest BCUT2D eigenvalue weighted by Gasteiger charge is -2.11. The summed E-state index contributed by atoms with van der Waals surface area (Å²) in [4.78, 5) is 11.0. The number of nitrogens with zero attached hydrogens (tertiary/aromatic N) is 3. The minimum absolute atomic E-state index is 0.652. The topological polar surface area (TPSA) is 37.7 Å². The van der Waals surface area contributed by atoms with Gasteiger partial charge in [0.05, 0.1) is 28.8 Å². The van der Waals surface area contributed by atoms with E-state index in [-0.39, 0.29) is 0 Å². The fourth-order valence-electron chi connectivity index (χ4n) is 1.68. The summed E-state index contributed by atoms with van der Waals surface area (Å²) < 4.78 is 6.60. The number of aliphatic imine (C=N–C) groups is 1. The average molecular weight is 356 g/mol. The van der Waals surface area contributed by atoms with E-state index in [2.05, 4.69) is 46.7 Å². The van der Waals surface area contributed by atoms with Gasteiger partial charge < -0.3 is 9.64 Å². The van der Waals surface area contributed by atoms with Gasteiger partial charge in [0.2, 0.25) is 5.88 Å². The first-order valence-corrected chi connectivity index (χ1v) is 8.27. The third kappa shape index (κ3) is 6.46. The molecule has 21 heavy (non-hydrogen) atoms. The van der Waals surface area contributed by atoms with Gasteiger partial charge in [0, 0.05) is 13.6 Å². The van der Waals surface area contributed by atoms with Gasteiger partial charge in [-0.3, -0.25) is 0 Å². The summed E-state index contributed by atoms with van der Waals surface area (Å²) in [5.74, 6) is 1.36. The number of pyridine rings is 1. The van der Waals surface area contributed by atoms with Crippen LogP contribution in [0.2, 0.25) is 0 Å². The summed E-state index contributed by atoms with van der Waals surface area (Å²) in [5.41, 5.74) is 1.73. The quantitative estimate of drug-likeness (QED) is 0.389. The molecule has 4 nitrogen and oxygen atoms in total. The molecule has 0 aliphatic rings. The minimum atomic E-state index is 0.652. The number of halogens is 1. The van der Waals surface area contributed by atoms with E-state index in [9.17, 15) is 0 Å². The largest absolute Gasteiger partial charge is 0.477 e. The Morgan fingerprint density at radius 3 is 2.81 bits per heavy atom. The number of hydrogen-bond donors (Lipinski definition) is 0. The van der Waals surface area contributed by atoms with Crippen molar-refractivity contribution in [2.24, 2.45) is 10.9 Å². The summed E-state index contributed by atoms with van der Waals surface area (Å²) in [6.45, 7) is 10.1. The first-order chi connectivity index (χ1) is 9.93. The van der Waals surface area contributed by atoms with Crippen molar-refractivity contribution in [2.45, 2.75) is 40.5 Å². The number of aryl methyl sites for hydroxylation is 1. The molecule has 0 spiro atoms. The summed E-state index contributed by atoms with van der Waals surface area (Å²) in [6, 6.07) is 1.96. The van der Waals surface area contributed by atoms with Gasteiger partial charge in [-0.25, -0.2) is 9.98 Å². The molecule has 0 saturated heterocycles. The molecular formula is C16H26BrN3O. The SMILES string of the molecule is CCN(C)C=Nc1cc(Br)c(OCCCC(C)C)nc1C.